The number of pyridine rings is 1. The van der Waals surface area contributed by atoms with Crippen molar-refractivity contribution in [2.45, 2.75) is 39.2 Å². The Balaban J connectivity index is 1.57. The van der Waals surface area contributed by atoms with E-state index in [9.17, 15) is 9.59 Å². The predicted molar refractivity (Wildman–Crippen MR) is 129 cm³/mol. The number of ketones is 1. The normalized spacial score (nSPS) is 19.6. The number of ether oxygens (including phenoxy) is 1. The number of hydrogen-bond donors (Lipinski definition) is 0. The van der Waals surface area contributed by atoms with Gasteiger partial charge in [0.1, 0.15) is 11.3 Å². The van der Waals surface area contributed by atoms with Crippen LogP contribution in [0.5, 0.6) is 0 Å². The molecule has 0 N–H and O–H groups in total. The number of benzene rings is 1. The average molecular weight is 457 g/mol. The third-order valence-corrected chi connectivity index (χ3v) is 6.40. The number of likely N-dealkylation sites (tertiary alicyclic amines) is 1. The highest BCUT2D eigenvalue weighted by molar-refractivity contribution is 6.03. The molecule has 3 heterocycles. The Morgan fingerprint density at radius 2 is 1.82 bits per heavy atom. The van der Waals surface area contributed by atoms with Gasteiger partial charge in [0.2, 0.25) is 0 Å². The SMILES string of the molecule is CC(C)(C)OC(=O)N1CCC2=Cc3c(cnn3-c3ccccc3)CC2(C(=O)c2ccccn2)C1. The molecule has 1 atom stereocenters. The molecule has 1 amide bonds. The van der Waals surface area contributed by atoms with Crippen LogP contribution in [0.15, 0.2) is 66.5 Å². The van der Waals surface area contributed by atoms with Gasteiger partial charge < -0.3 is 9.64 Å². The molecule has 1 saturated heterocycles. The third kappa shape index (κ3) is 3.91. The standard InChI is InChI=1S/C27H28N4O3/c1-26(2,3)34-25(33)30-14-12-20-15-23-19(17-29-31(23)21-9-5-4-6-10-21)16-27(20,18-30)24(32)22-11-7-8-13-28-22/h4-11,13,15,17H,12,14,16,18H2,1-3H3. The number of aromatic nitrogens is 3. The molecule has 1 unspecified atom stereocenters. The number of hydrogen-bond acceptors (Lipinski definition) is 5. The summed E-state index contributed by atoms with van der Waals surface area (Å²) in [7, 11) is 0. The molecule has 174 valence electrons. The molecule has 34 heavy (non-hydrogen) atoms. The predicted octanol–water partition coefficient (Wildman–Crippen LogP) is 4.72. The summed E-state index contributed by atoms with van der Waals surface area (Å²) in [5, 5.41) is 4.63. The minimum absolute atomic E-state index is 0.0780. The van der Waals surface area contributed by atoms with Crippen molar-refractivity contribution in [3.05, 3.63) is 83.4 Å². The van der Waals surface area contributed by atoms with Gasteiger partial charge in [-0.2, -0.15) is 5.10 Å². The lowest BCUT2D eigenvalue weighted by atomic mass is 9.65. The first-order valence-electron chi connectivity index (χ1n) is 11.5. The van der Waals surface area contributed by atoms with E-state index in [1.807, 2.05) is 68.0 Å². The highest BCUT2D eigenvalue weighted by Gasteiger charge is 2.50. The average Bonchev–Trinajstić information content (AvgIpc) is 3.24. The van der Waals surface area contributed by atoms with E-state index in [1.54, 1.807) is 23.2 Å². The number of Topliss-reactive ketones (excluding diaryl/α,β-unsaturated/α-hetero) is 1. The number of para-hydroxylation sites is 1. The monoisotopic (exact) mass is 456 g/mol. The Kier molecular flexibility index (Phi) is 5.35. The molecular formula is C27H28N4O3. The van der Waals surface area contributed by atoms with Crippen molar-refractivity contribution in [3.63, 3.8) is 0 Å². The summed E-state index contributed by atoms with van der Waals surface area (Å²) in [6.07, 6.45) is 6.18. The summed E-state index contributed by atoms with van der Waals surface area (Å²) in [6, 6.07) is 15.3. The van der Waals surface area contributed by atoms with Gasteiger partial charge >= 0.3 is 6.09 Å². The van der Waals surface area contributed by atoms with Crippen molar-refractivity contribution < 1.29 is 14.3 Å². The summed E-state index contributed by atoms with van der Waals surface area (Å²) < 4.78 is 7.56. The highest BCUT2D eigenvalue weighted by atomic mass is 16.6. The molecule has 0 bridgehead atoms. The van der Waals surface area contributed by atoms with Gasteiger partial charge in [0.05, 0.1) is 23.0 Å². The number of carbonyl (C=O) groups is 2. The molecular weight excluding hydrogens is 428 g/mol. The van der Waals surface area contributed by atoms with Gasteiger partial charge in [0, 0.05) is 19.3 Å². The van der Waals surface area contributed by atoms with Crippen LogP contribution in [0, 0.1) is 5.41 Å². The van der Waals surface area contributed by atoms with E-state index < -0.39 is 17.1 Å². The number of piperidine rings is 1. The van der Waals surface area contributed by atoms with Crippen LogP contribution in [0.2, 0.25) is 0 Å². The second kappa shape index (κ2) is 8.24. The first-order chi connectivity index (χ1) is 16.3. The van der Waals surface area contributed by atoms with Crippen molar-refractivity contribution in [1.29, 1.82) is 0 Å². The number of fused-ring (bicyclic) bond motifs is 2. The van der Waals surface area contributed by atoms with E-state index in [2.05, 4.69) is 16.2 Å². The van der Waals surface area contributed by atoms with Gasteiger partial charge in [0.15, 0.2) is 5.78 Å². The van der Waals surface area contributed by atoms with Crippen LogP contribution in [0.1, 0.15) is 48.9 Å². The van der Waals surface area contributed by atoms with E-state index in [1.165, 1.54) is 0 Å². The first-order valence-corrected chi connectivity index (χ1v) is 11.5. The smallest absolute Gasteiger partial charge is 0.410 e. The molecule has 0 radical (unpaired) electrons. The Bertz CT molecular complexity index is 1260. The van der Waals surface area contributed by atoms with Crippen molar-refractivity contribution in [1.82, 2.24) is 19.7 Å². The number of carbonyl (C=O) groups excluding carboxylic acids is 2. The van der Waals surface area contributed by atoms with Crippen LogP contribution < -0.4 is 0 Å². The van der Waals surface area contributed by atoms with Gasteiger partial charge in [-0.05, 0) is 69.5 Å². The van der Waals surface area contributed by atoms with Crippen LogP contribution >= 0.6 is 0 Å². The summed E-state index contributed by atoms with van der Waals surface area (Å²) in [4.78, 5) is 33.0. The first kappa shape index (κ1) is 22.1. The minimum atomic E-state index is -0.902. The topological polar surface area (TPSA) is 77.3 Å². The van der Waals surface area contributed by atoms with Crippen LogP contribution in [-0.4, -0.2) is 50.2 Å². The zero-order chi connectivity index (χ0) is 23.9. The summed E-state index contributed by atoms with van der Waals surface area (Å²) in [6.45, 7) is 6.28. The van der Waals surface area contributed by atoms with Crippen LogP contribution in [-0.2, 0) is 11.2 Å². The van der Waals surface area contributed by atoms with Gasteiger partial charge in [-0.25, -0.2) is 9.48 Å². The Morgan fingerprint density at radius 3 is 2.53 bits per heavy atom. The van der Waals surface area contributed by atoms with Crippen LogP contribution in [0.3, 0.4) is 0 Å². The highest BCUT2D eigenvalue weighted by Crippen LogP contribution is 2.46. The molecule has 2 aromatic heterocycles. The molecule has 2 aliphatic rings. The summed E-state index contributed by atoms with van der Waals surface area (Å²) >= 11 is 0. The molecule has 5 rings (SSSR count). The fourth-order valence-corrected chi connectivity index (χ4v) is 4.85. The fraction of sp³-hybridized carbons (Fsp3) is 0.333. The Morgan fingerprint density at radius 1 is 1.06 bits per heavy atom. The Hall–Kier alpha value is -3.74. The molecule has 1 fully saturated rings. The van der Waals surface area contributed by atoms with Gasteiger partial charge in [-0.1, -0.05) is 29.8 Å². The zero-order valence-electron chi connectivity index (χ0n) is 19.7. The molecule has 0 spiro atoms. The number of nitrogens with zero attached hydrogens (tertiary/aromatic N) is 4. The molecule has 0 saturated carbocycles. The maximum atomic E-state index is 14.0. The maximum Gasteiger partial charge on any atom is 0.410 e. The van der Waals surface area contributed by atoms with Gasteiger partial charge in [-0.3, -0.25) is 9.78 Å². The van der Waals surface area contributed by atoms with E-state index >= 15 is 0 Å². The summed E-state index contributed by atoms with van der Waals surface area (Å²) in [5.74, 6) is -0.0780. The lowest BCUT2D eigenvalue weighted by molar-refractivity contribution is 0.0138. The van der Waals surface area contributed by atoms with Crippen molar-refractivity contribution >= 4 is 18.0 Å². The van der Waals surface area contributed by atoms with Crippen LogP contribution in [0.25, 0.3) is 11.8 Å². The maximum absolute atomic E-state index is 14.0. The van der Waals surface area contributed by atoms with Crippen molar-refractivity contribution in [2.75, 3.05) is 13.1 Å². The van der Waals surface area contributed by atoms with Crippen molar-refractivity contribution in [3.8, 4) is 5.69 Å². The second-order valence-corrected chi connectivity index (χ2v) is 9.93. The molecule has 1 aliphatic heterocycles. The van der Waals surface area contributed by atoms with E-state index in [0.717, 1.165) is 22.5 Å². The lowest BCUT2D eigenvalue weighted by Gasteiger charge is -2.45. The number of amides is 1. The molecule has 7 heteroatoms. The number of rotatable bonds is 3. The van der Waals surface area contributed by atoms with E-state index in [0.29, 0.717) is 25.1 Å². The molecule has 1 aromatic carbocycles. The van der Waals surface area contributed by atoms with Crippen molar-refractivity contribution in [2.24, 2.45) is 5.41 Å². The zero-order valence-corrected chi connectivity index (χ0v) is 19.7. The fourth-order valence-electron chi connectivity index (χ4n) is 4.85. The molecule has 7 nitrogen and oxygen atoms in total. The van der Waals surface area contributed by atoms with Gasteiger partial charge in [0.25, 0.3) is 0 Å². The lowest BCUT2D eigenvalue weighted by Crippen LogP contribution is -2.54. The third-order valence-electron chi connectivity index (χ3n) is 6.40. The van der Waals surface area contributed by atoms with Gasteiger partial charge in [-0.15, -0.1) is 0 Å². The second-order valence-electron chi connectivity index (χ2n) is 9.93. The minimum Gasteiger partial charge on any atom is -0.444 e. The largest absolute Gasteiger partial charge is 0.444 e. The Labute approximate surface area is 199 Å². The summed E-state index contributed by atoms with van der Waals surface area (Å²) in [5.41, 5.74) is 2.82. The molecule has 1 aliphatic carbocycles. The quantitative estimate of drug-likeness (QED) is 0.533. The molecule has 3 aromatic rings. The van der Waals surface area contributed by atoms with E-state index in [-0.39, 0.29) is 12.3 Å². The van der Waals surface area contributed by atoms with E-state index in [4.69, 9.17) is 4.74 Å². The van der Waals surface area contributed by atoms with Crippen LogP contribution in [0.4, 0.5) is 4.79 Å².